The second-order valence-electron chi connectivity index (χ2n) is 13.7. The van der Waals surface area contributed by atoms with Crippen LogP contribution in [0.5, 0.6) is 0 Å². The van der Waals surface area contributed by atoms with Crippen LogP contribution in [-0.4, -0.2) is 92.0 Å². The molecule has 0 saturated carbocycles. The van der Waals surface area contributed by atoms with E-state index in [0.717, 1.165) is 0 Å². The van der Waals surface area contributed by atoms with Crippen molar-refractivity contribution >= 4 is 41.3 Å². The predicted octanol–water partition coefficient (Wildman–Crippen LogP) is 2.49. The van der Waals surface area contributed by atoms with E-state index in [0.29, 0.717) is 36.0 Å². The standard InChI is InChI=1S/C39H51N7O8/c1-8-13-27(33(47)37(51)43-28(39(53)54)20-25-14-11-10-12-15-25)42-36(50)32-26(9-2)16-19-46(32)38(52)30(23(5)6)44-35(49)31(24(7)22(3)4)45-34(48)29-21-40-17-18-41-29/h10-12,14-15,17-18,21-23,27-28,30-31H,7-9,13,16,19-20H2,1-6H3,(H,42,50)(H,43,51)(H,44,49)(H,45,48)(H,53,54)/t27?,28-,30-,31-/m0/s1. The summed E-state index contributed by atoms with van der Waals surface area (Å²) in [5, 5.41) is 20.1. The Labute approximate surface area is 315 Å². The van der Waals surface area contributed by atoms with Gasteiger partial charge in [0.25, 0.3) is 17.7 Å². The van der Waals surface area contributed by atoms with E-state index in [1.54, 1.807) is 51.1 Å². The van der Waals surface area contributed by atoms with E-state index in [1.165, 1.54) is 23.5 Å². The van der Waals surface area contributed by atoms with Crippen LogP contribution in [0.25, 0.3) is 0 Å². The molecule has 1 aromatic heterocycles. The number of nitrogens with one attached hydrogen (secondary N) is 4. The maximum atomic E-state index is 14.2. The summed E-state index contributed by atoms with van der Waals surface area (Å²) in [5.41, 5.74) is 1.67. The van der Waals surface area contributed by atoms with E-state index in [2.05, 4.69) is 37.8 Å². The fourth-order valence-corrected chi connectivity index (χ4v) is 5.94. The molecule has 2 aromatic rings. The Morgan fingerprint density at radius 2 is 1.57 bits per heavy atom. The first-order chi connectivity index (χ1) is 25.6. The molecule has 1 aliphatic rings. The van der Waals surface area contributed by atoms with Gasteiger partial charge in [-0.1, -0.05) is 84.9 Å². The molecule has 0 spiro atoms. The molecule has 2 heterocycles. The third-order valence-corrected chi connectivity index (χ3v) is 9.14. The third kappa shape index (κ3) is 11.1. The zero-order valence-electron chi connectivity index (χ0n) is 31.7. The highest BCUT2D eigenvalue weighted by atomic mass is 16.4. The van der Waals surface area contributed by atoms with E-state index >= 15 is 0 Å². The van der Waals surface area contributed by atoms with E-state index in [1.807, 2.05) is 20.8 Å². The normalized spacial score (nSPS) is 14.9. The van der Waals surface area contributed by atoms with Crippen molar-refractivity contribution in [2.24, 2.45) is 11.8 Å². The molecule has 1 aliphatic heterocycles. The van der Waals surface area contributed by atoms with Crippen LogP contribution in [-0.2, 0) is 35.2 Å². The molecular formula is C39H51N7O8. The number of Topliss-reactive ketones (excluding diaryl/α,β-unsaturated/α-hetero) is 1. The fourth-order valence-electron chi connectivity index (χ4n) is 5.94. The number of ketones is 1. The Kier molecular flexibility index (Phi) is 15.7. The van der Waals surface area contributed by atoms with Gasteiger partial charge in [-0.15, -0.1) is 0 Å². The van der Waals surface area contributed by atoms with E-state index in [4.69, 9.17) is 0 Å². The molecule has 290 valence electrons. The van der Waals surface area contributed by atoms with Gasteiger partial charge in [0.15, 0.2) is 0 Å². The van der Waals surface area contributed by atoms with Crippen molar-refractivity contribution in [1.82, 2.24) is 36.1 Å². The SMILES string of the molecule is C=C(C(C)C)[C@H](NC(=O)c1cnccn1)C(=O)N[C@H](C(=O)N1CCC(CC)=C1C(=O)NC(CCC)C(=O)C(=O)N[C@@H](Cc1ccccc1)C(=O)O)C(C)C. The lowest BCUT2D eigenvalue weighted by Crippen LogP contribution is -2.57. The molecule has 0 radical (unpaired) electrons. The number of benzene rings is 1. The molecule has 15 nitrogen and oxygen atoms in total. The number of carbonyl (C=O) groups excluding carboxylic acids is 6. The second kappa shape index (κ2) is 19.9. The molecule has 1 aromatic carbocycles. The Hall–Kier alpha value is -5.73. The average molecular weight is 746 g/mol. The third-order valence-electron chi connectivity index (χ3n) is 9.14. The summed E-state index contributed by atoms with van der Waals surface area (Å²) >= 11 is 0. The Bertz CT molecular complexity index is 1740. The molecule has 15 heteroatoms. The van der Waals surface area contributed by atoms with Crippen molar-refractivity contribution < 1.29 is 38.7 Å². The number of aromatic nitrogens is 2. The molecule has 0 saturated heterocycles. The number of carboxylic acids is 1. The Balaban J connectivity index is 1.82. The number of carbonyl (C=O) groups is 7. The molecule has 0 aliphatic carbocycles. The number of carboxylic acid groups (broad SMARTS) is 1. The smallest absolute Gasteiger partial charge is 0.326 e. The van der Waals surface area contributed by atoms with E-state index in [9.17, 15) is 38.7 Å². The fraction of sp³-hybridized carbons (Fsp3) is 0.462. The maximum absolute atomic E-state index is 14.2. The maximum Gasteiger partial charge on any atom is 0.326 e. The highest BCUT2D eigenvalue weighted by Crippen LogP contribution is 2.28. The van der Waals surface area contributed by atoms with Crippen LogP contribution in [0, 0.1) is 11.8 Å². The van der Waals surface area contributed by atoms with Crippen molar-refractivity contribution in [3.8, 4) is 0 Å². The predicted molar refractivity (Wildman–Crippen MR) is 199 cm³/mol. The summed E-state index contributed by atoms with van der Waals surface area (Å²) in [6, 6.07) is 3.57. The number of hydrogen-bond donors (Lipinski definition) is 5. The summed E-state index contributed by atoms with van der Waals surface area (Å²) < 4.78 is 0. The van der Waals surface area contributed by atoms with Gasteiger partial charge in [-0.05, 0) is 47.8 Å². The molecule has 1 unspecified atom stereocenters. The Morgan fingerprint density at radius 1 is 0.889 bits per heavy atom. The summed E-state index contributed by atoms with van der Waals surface area (Å²) in [6.07, 6.45) is 5.18. The van der Waals surface area contributed by atoms with Gasteiger partial charge < -0.3 is 31.3 Å². The van der Waals surface area contributed by atoms with Crippen LogP contribution in [0.3, 0.4) is 0 Å². The van der Waals surface area contributed by atoms with E-state index in [-0.39, 0.29) is 36.7 Å². The number of amides is 5. The molecule has 3 rings (SSSR count). The highest BCUT2D eigenvalue weighted by molar-refractivity contribution is 6.38. The zero-order valence-corrected chi connectivity index (χ0v) is 31.7. The van der Waals surface area contributed by atoms with Gasteiger partial charge in [0.1, 0.15) is 29.5 Å². The van der Waals surface area contributed by atoms with Gasteiger partial charge in [-0.3, -0.25) is 33.8 Å². The molecule has 5 N–H and O–H groups in total. The Morgan fingerprint density at radius 3 is 2.13 bits per heavy atom. The van der Waals surface area contributed by atoms with Crippen molar-refractivity contribution in [2.75, 3.05) is 6.54 Å². The molecule has 0 fully saturated rings. The van der Waals surface area contributed by atoms with Crippen molar-refractivity contribution in [1.29, 1.82) is 0 Å². The number of aliphatic carboxylic acids is 1. The topological polar surface area (TPSA) is 217 Å². The summed E-state index contributed by atoms with van der Waals surface area (Å²) in [4.78, 5) is 103. The first-order valence-corrected chi connectivity index (χ1v) is 18.1. The highest BCUT2D eigenvalue weighted by Gasteiger charge is 2.40. The van der Waals surface area contributed by atoms with Crippen LogP contribution < -0.4 is 21.3 Å². The second-order valence-corrected chi connectivity index (χ2v) is 13.7. The molecule has 0 bridgehead atoms. The molecule has 4 atom stereocenters. The summed E-state index contributed by atoms with van der Waals surface area (Å²) in [7, 11) is 0. The van der Waals surface area contributed by atoms with Gasteiger partial charge in [0.2, 0.25) is 17.6 Å². The lowest BCUT2D eigenvalue weighted by atomic mass is 9.95. The largest absolute Gasteiger partial charge is 0.480 e. The van der Waals surface area contributed by atoms with Crippen molar-refractivity contribution in [3.63, 3.8) is 0 Å². The first-order valence-electron chi connectivity index (χ1n) is 18.1. The van der Waals surface area contributed by atoms with Crippen LogP contribution >= 0.6 is 0 Å². The minimum Gasteiger partial charge on any atom is -0.480 e. The van der Waals surface area contributed by atoms with Crippen LogP contribution in [0.1, 0.15) is 83.3 Å². The number of rotatable bonds is 19. The zero-order chi connectivity index (χ0) is 40.1. The van der Waals surface area contributed by atoms with Gasteiger partial charge in [-0.2, -0.15) is 0 Å². The minimum absolute atomic E-state index is 0.0143. The molecule has 5 amide bonds. The first kappa shape index (κ1) is 42.7. The van der Waals surface area contributed by atoms with Gasteiger partial charge in [0.05, 0.1) is 12.2 Å². The van der Waals surface area contributed by atoms with Gasteiger partial charge in [-0.25, -0.2) is 9.78 Å². The lowest BCUT2D eigenvalue weighted by molar-refractivity contribution is -0.145. The number of hydrogen-bond acceptors (Lipinski definition) is 9. The van der Waals surface area contributed by atoms with Crippen molar-refractivity contribution in [2.45, 2.75) is 97.8 Å². The molecule has 54 heavy (non-hydrogen) atoms. The van der Waals surface area contributed by atoms with Gasteiger partial charge >= 0.3 is 5.97 Å². The monoisotopic (exact) mass is 745 g/mol. The summed E-state index contributed by atoms with van der Waals surface area (Å²) in [5.74, 6) is -6.88. The van der Waals surface area contributed by atoms with Crippen LogP contribution in [0.2, 0.25) is 0 Å². The van der Waals surface area contributed by atoms with Crippen LogP contribution in [0.15, 0.2) is 72.3 Å². The number of nitrogens with zero attached hydrogens (tertiary/aromatic N) is 3. The van der Waals surface area contributed by atoms with Crippen molar-refractivity contribution in [3.05, 3.63) is 83.6 Å². The van der Waals surface area contributed by atoms with Gasteiger partial charge in [0, 0.05) is 25.4 Å². The lowest BCUT2D eigenvalue weighted by Gasteiger charge is -2.31. The quantitative estimate of drug-likeness (QED) is 0.105. The average Bonchev–Trinajstić information content (AvgIpc) is 3.59. The van der Waals surface area contributed by atoms with E-state index < -0.39 is 71.4 Å². The summed E-state index contributed by atoms with van der Waals surface area (Å²) in [6.45, 7) is 14.8. The minimum atomic E-state index is -1.39. The van der Waals surface area contributed by atoms with Crippen LogP contribution in [0.4, 0.5) is 0 Å². The molecular weight excluding hydrogens is 694 g/mol.